The van der Waals surface area contributed by atoms with Crippen LogP contribution in [0.25, 0.3) is 0 Å². The predicted octanol–water partition coefficient (Wildman–Crippen LogP) is 7.26. The number of nitrogens with one attached hydrogen (secondary N) is 1. The number of non-ortho nitro benzene ring substituents is 2. The van der Waals surface area contributed by atoms with Crippen molar-refractivity contribution in [1.82, 2.24) is 0 Å². The zero-order valence-electron chi connectivity index (χ0n) is 24.6. The number of ether oxygens (including phenoxy) is 4. The summed E-state index contributed by atoms with van der Waals surface area (Å²) in [4.78, 5) is 23.6. The molecule has 0 atom stereocenters. The molecule has 5 rings (SSSR count). The average molecular weight is 623 g/mol. The van der Waals surface area contributed by atoms with E-state index in [-0.39, 0.29) is 22.9 Å². The van der Waals surface area contributed by atoms with E-state index in [1.807, 2.05) is 65.6 Å². The van der Waals surface area contributed by atoms with Crippen LogP contribution in [0.4, 0.5) is 22.7 Å². The molecule has 1 aliphatic rings. The number of allylic oxidation sites excluding steroid dienone is 3. The van der Waals surface area contributed by atoms with Gasteiger partial charge in [-0.3, -0.25) is 20.2 Å². The van der Waals surface area contributed by atoms with E-state index in [4.69, 9.17) is 18.9 Å². The molecule has 0 bridgehead atoms. The lowest BCUT2D eigenvalue weighted by atomic mass is 10.2. The standard InChI is InChI=1S/C34H30N4O8/c1-25(45-32-23-26(37(39)40)15-17-30(32)35-19-21-43-28-10-4-2-5-11-28)9-8-14-34-36(20-22-44-29-12-6-3-7-13-29)31-18-16-27(38(41)42)24-33(31)46-34/h2-18,23-24,35H,1,19-22H2. The number of fused-ring (bicyclic) bond motifs is 1. The van der Waals surface area contributed by atoms with Crippen molar-refractivity contribution < 1.29 is 28.8 Å². The molecule has 0 aliphatic carbocycles. The number of para-hydroxylation sites is 2. The van der Waals surface area contributed by atoms with E-state index in [2.05, 4.69) is 11.9 Å². The van der Waals surface area contributed by atoms with Crippen LogP contribution in [0.15, 0.2) is 134 Å². The third kappa shape index (κ3) is 8.20. The number of nitro groups is 2. The second kappa shape index (κ2) is 14.9. The summed E-state index contributed by atoms with van der Waals surface area (Å²) in [6, 6.07) is 27.4. The summed E-state index contributed by atoms with van der Waals surface area (Å²) in [6.07, 6.45) is 4.87. The maximum Gasteiger partial charge on any atom is 0.273 e. The van der Waals surface area contributed by atoms with Crippen LogP contribution in [0, 0.1) is 20.2 Å². The van der Waals surface area contributed by atoms with Gasteiger partial charge in [-0.05, 0) is 48.6 Å². The Labute approximate surface area is 264 Å². The molecular formula is C34H30N4O8. The fourth-order valence-electron chi connectivity index (χ4n) is 4.47. The highest BCUT2D eigenvalue weighted by molar-refractivity contribution is 5.69. The van der Waals surface area contributed by atoms with Crippen LogP contribution >= 0.6 is 0 Å². The second-order valence-electron chi connectivity index (χ2n) is 9.78. The van der Waals surface area contributed by atoms with Gasteiger partial charge in [0.25, 0.3) is 11.4 Å². The second-order valence-corrected chi connectivity index (χ2v) is 9.78. The van der Waals surface area contributed by atoms with Crippen molar-refractivity contribution >= 4 is 22.7 Å². The molecule has 4 aromatic rings. The molecule has 0 saturated carbocycles. The zero-order chi connectivity index (χ0) is 32.3. The molecular weight excluding hydrogens is 592 g/mol. The van der Waals surface area contributed by atoms with E-state index in [1.54, 1.807) is 30.4 Å². The van der Waals surface area contributed by atoms with Gasteiger partial charge in [0.05, 0.1) is 39.9 Å². The first-order valence-electron chi connectivity index (χ1n) is 14.2. The van der Waals surface area contributed by atoms with Crippen molar-refractivity contribution in [2.45, 2.75) is 0 Å². The van der Waals surface area contributed by atoms with Gasteiger partial charge in [-0.25, -0.2) is 0 Å². The highest BCUT2D eigenvalue weighted by Crippen LogP contribution is 2.41. The van der Waals surface area contributed by atoms with Gasteiger partial charge in [0, 0.05) is 18.7 Å². The number of nitrogens with zero attached hydrogens (tertiary/aromatic N) is 3. The Morgan fingerprint density at radius 3 is 2.15 bits per heavy atom. The van der Waals surface area contributed by atoms with Crippen LogP contribution in [0.1, 0.15) is 0 Å². The smallest absolute Gasteiger partial charge is 0.273 e. The predicted molar refractivity (Wildman–Crippen MR) is 174 cm³/mol. The Bertz CT molecular complexity index is 1760. The van der Waals surface area contributed by atoms with Crippen LogP contribution in [0.2, 0.25) is 0 Å². The molecule has 0 saturated heterocycles. The van der Waals surface area contributed by atoms with E-state index in [9.17, 15) is 20.2 Å². The molecule has 12 nitrogen and oxygen atoms in total. The Morgan fingerprint density at radius 2 is 1.48 bits per heavy atom. The SMILES string of the molecule is C=C(C=CC=C1Oc2cc([N+](=O)[O-])ccc2N1CCOc1ccccc1)Oc1cc([N+](=O)[O-])ccc1NCCOc1ccccc1. The molecule has 0 unspecified atom stereocenters. The molecule has 234 valence electrons. The third-order valence-corrected chi connectivity index (χ3v) is 6.62. The van der Waals surface area contributed by atoms with Gasteiger partial charge in [0.1, 0.15) is 30.5 Å². The van der Waals surface area contributed by atoms with E-state index in [0.29, 0.717) is 55.1 Å². The van der Waals surface area contributed by atoms with Crippen LogP contribution in [0.5, 0.6) is 23.0 Å². The summed E-state index contributed by atoms with van der Waals surface area (Å²) in [6.45, 7) is 5.41. The monoisotopic (exact) mass is 622 g/mol. The minimum Gasteiger partial charge on any atom is -0.492 e. The first-order chi connectivity index (χ1) is 22.4. The number of hydrogen-bond donors (Lipinski definition) is 1. The Morgan fingerprint density at radius 1 is 0.848 bits per heavy atom. The molecule has 0 aromatic heterocycles. The quantitative estimate of drug-likeness (QED) is 0.0474. The van der Waals surface area contributed by atoms with E-state index in [1.165, 1.54) is 24.3 Å². The fraction of sp³-hybridized carbons (Fsp3) is 0.118. The maximum absolute atomic E-state index is 11.4. The lowest BCUT2D eigenvalue weighted by Crippen LogP contribution is -2.25. The van der Waals surface area contributed by atoms with E-state index < -0.39 is 9.85 Å². The molecule has 12 heteroatoms. The van der Waals surface area contributed by atoms with Gasteiger partial charge < -0.3 is 29.2 Å². The molecule has 0 spiro atoms. The summed E-state index contributed by atoms with van der Waals surface area (Å²) < 4.78 is 23.4. The lowest BCUT2D eigenvalue weighted by molar-refractivity contribution is -0.385. The van der Waals surface area contributed by atoms with Crippen molar-refractivity contribution in [3.05, 3.63) is 154 Å². The first-order valence-corrected chi connectivity index (χ1v) is 14.2. The summed E-state index contributed by atoms with van der Waals surface area (Å²) in [5, 5.41) is 25.9. The van der Waals surface area contributed by atoms with E-state index >= 15 is 0 Å². The van der Waals surface area contributed by atoms with Gasteiger partial charge in [0.15, 0.2) is 11.5 Å². The Balaban J connectivity index is 1.26. The van der Waals surface area contributed by atoms with Crippen molar-refractivity contribution in [3.8, 4) is 23.0 Å². The molecule has 46 heavy (non-hydrogen) atoms. The van der Waals surface area contributed by atoms with Crippen molar-refractivity contribution in [1.29, 1.82) is 0 Å². The molecule has 0 amide bonds. The molecule has 1 aliphatic heterocycles. The normalized spacial score (nSPS) is 12.8. The van der Waals surface area contributed by atoms with Gasteiger partial charge >= 0.3 is 0 Å². The molecule has 4 aromatic carbocycles. The van der Waals surface area contributed by atoms with Crippen LogP contribution < -0.4 is 29.2 Å². The number of anilines is 2. The number of nitro benzene ring substituents is 2. The molecule has 0 radical (unpaired) electrons. The number of benzene rings is 4. The topological polar surface area (TPSA) is 138 Å². The van der Waals surface area contributed by atoms with Crippen LogP contribution in [0.3, 0.4) is 0 Å². The van der Waals surface area contributed by atoms with Crippen molar-refractivity contribution in [3.63, 3.8) is 0 Å². The van der Waals surface area contributed by atoms with Crippen molar-refractivity contribution in [2.75, 3.05) is 36.5 Å². The Kier molecular flexibility index (Phi) is 10.1. The summed E-state index contributed by atoms with van der Waals surface area (Å²) in [5.74, 6) is 2.61. The van der Waals surface area contributed by atoms with Crippen LogP contribution in [-0.2, 0) is 0 Å². The highest BCUT2D eigenvalue weighted by Gasteiger charge is 2.28. The molecule has 1 N–H and O–H groups in total. The number of rotatable bonds is 15. The average Bonchev–Trinajstić information content (AvgIpc) is 3.40. The summed E-state index contributed by atoms with van der Waals surface area (Å²) in [5.41, 5.74) is 0.946. The maximum atomic E-state index is 11.4. The van der Waals surface area contributed by atoms with Crippen molar-refractivity contribution in [2.24, 2.45) is 0 Å². The van der Waals surface area contributed by atoms with Gasteiger partial charge in [-0.15, -0.1) is 0 Å². The number of hydrogen-bond acceptors (Lipinski definition) is 10. The van der Waals surface area contributed by atoms with Crippen LogP contribution in [-0.4, -0.2) is 36.1 Å². The molecule has 0 fully saturated rings. The lowest BCUT2D eigenvalue weighted by Gasteiger charge is -2.18. The van der Waals surface area contributed by atoms with Gasteiger partial charge in [-0.2, -0.15) is 0 Å². The summed E-state index contributed by atoms with van der Waals surface area (Å²) in [7, 11) is 0. The van der Waals surface area contributed by atoms with Gasteiger partial charge in [-0.1, -0.05) is 49.1 Å². The minimum atomic E-state index is -0.506. The highest BCUT2D eigenvalue weighted by atomic mass is 16.6. The Hall–Kier alpha value is -6.30. The largest absolute Gasteiger partial charge is 0.492 e. The van der Waals surface area contributed by atoms with Gasteiger partial charge in [0.2, 0.25) is 5.88 Å². The summed E-state index contributed by atoms with van der Waals surface area (Å²) >= 11 is 0. The molecule has 1 heterocycles. The zero-order valence-corrected chi connectivity index (χ0v) is 24.6. The third-order valence-electron chi connectivity index (χ3n) is 6.62. The first kappa shape index (κ1) is 31.1. The van der Waals surface area contributed by atoms with E-state index in [0.717, 1.165) is 5.75 Å². The minimum absolute atomic E-state index is 0.0919. The fourth-order valence-corrected chi connectivity index (χ4v) is 4.47.